The van der Waals surface area contributed by atoms with Crippen molar-refractivity contribution >= 4 is 104 Å². The number of benzene rings is 11. The van der Waals surface area contributed by atoms with Gasteiger partial charge in [0.05, 0.1) is 22.4 Å². The van der Waals surface area contributed by atoms with E-state index in [1.54, 1.807) is 0 Å². The van der Waals surface area contributed by atoms with Crippen LogP contribution in [0.5, 0.6) is 0 Å². The van der Waals surface area contributed by atoms with Crippen molar-refractivity contribution in [2.75, 3.05) is 4.90 Å². The normalized spacial score (nSPS) is 11.9. The van der Waals surface area contributed by atoms with Crippen molar-refractivity contribution in [2.45, 2.75) is 0 Å². The third-order valence-electron chi connectivity index (χ3n) is 13.5. The van der Waals surface area contributed by atoms with Crippen molar-refractivity contribution in [3.63, 3.8) is 0 Å². The molecule has 0 aliphatic rings. The highest BCUT2D eigenvalue weighted by atomic mass is 16.3. The van der Waals surface area contributed by atoms with Crippen LogP contribution in [0.15, 0.2) is 239 Å². The van der Waals surface area contributed by atoms with Crippen LogP contribution >= 0.6 is 0 Å². The Hall–Kier alpha value is -8.86. The van der Waals surface area contributed by atoms with Gasteiger partial charge >= 0.3 is 0 Å². The fourth-order valence-corrected chi connectivity index (χ4v) is 10.7. The van der Waals surface area contributed by atoms with Gasteiger partial charge in [0.1, 0.15) is 22.3 Å². The second-order valence-corrected chi connectivity index (χ2v) is 17.2. The van der Waals surface area contributed by atoms with E-state index in [1.807, 2.05) is 6.07 Å². The zero-order chi connectivity index (χ0) is 43.3. The van der Waals surface area contributed by atoms with Gasteiger partial charge in [0.25, 0.3) is 0 Å². The standard InChI is InChI=1S/C62H38N2O2/c1-2-20-43-40(17-1)36-57(46-22-4-3-21-45(43)46)63(41-19-15-18-39(35-41)44-28-16-34-60-61(44)51-27-9-14-33-59(51)65-60)42-37-52(62-53(38-42)50-26-8-13-32-58(50)66-62)49-25-7-12-31-56(49)64-54-29-10-5-23-47(54)48-24-6-11-30-55(48)64/h1-38H. The van der Waals surface area contributed by atoms with Crippen LogP contribution in [0, 0.1) is 0 Å². The first-order chi connectivity index (χ1) is 32.7. The van der Waals surface area contributed by atoms with Gasteiger partial charge < -0.3 is 18.3 Å². The predicted molar refractivity (Wildman–Crippen MR) is 276 cm³/mol. The molecule has 3 aromatic heterocycles. The average molecular weight is 843 g/mol. The van der Waals surface area contributed by atoms with Crippen molar-refractivity contribution in [1.29, 1.82) is 0 Å². The quantitative estimate of drug-likeness (QED) is 0.156. The molecule has 0 atom stereocenters. The molecular weight excluding hydrogens is 805 g/mol. The van der Waals surface area contributed by atoms with E-state index < -0.39 is 0 Å². The average Bonchev–Trinajstić information content (AvgIpc) is 4.06. The van der Waals surface area contributed by atoms with E-state index in [-0.39, 0.29) is 0 Å². The number of hydrogen-bond donors (Lipinski definition) is 0. The van der Waals surface area contributed by atoms with Crippen molar-refractivity contribution in [2.24, 2.45) is 0 Å². The van der Waals surface area contributed by atoms with E-state index in [4.69, 9.17) is 8.83 Å². The zero-order valence-corrected chi connectivity index (χ0v) is 35.7. The second-order valence-electron chi connectivity index (χ2n) is 17.2. The number of para-hydroxylation sites is 5. The van der Waals surface area contributed by atoms with E-state index in [0.717, 1.165) is 105 Å². The maximum Gasteiger partial charge on any atom is 0.143 e. The van der Waals surface area contributed by atoms with Crippen molar-refractivity contribution in [3.8, 4) is 27.9 Å². The summed E-state index contributed by atoms with van der Waals surface area (Å²) in [5.74, 6) is 0. The molecule has 11 aromatic carbocycles. The highest BCUT2D eigenvalue weighted by Gasteiger charge is 2.25. The minimum Gasteiger partial charge on any atom is -0.456 e. The first-order valence-corrected chi connectivity index (χ1v) is 22.5. The van der Waals surface area contributed by atoms with Crippen LogP contribution in [-0.2, 0) is 0 Å². The number of furan rings is 2. The van der Waals surface area contributed by atoms with Crippen LogP contribution in [0.2, 0.25) is 0 Å². The zero-order valence-electron chi connectivity index (χ0n) is 35.7. The van der Waals surface area contributed by atoms with E-state index in [2.05, 4.69) is 234 Å². The van der Waals surface area contributed by atoms with Gasteiger partial charge in [-0.2, -0.15) is 0 Å². The molecule has 0 bridgehead atoms. The Morgan fingerprint density at radius 1 is 0.333 bits per heavy atom. The predicted octanol–water partition coefficient (Wildman–Crippen LogP) is 17.7. The van der Waals surface area contributed by atoms with Crippen molar-refractivity contribution < 1.29 is 8.83 Å². The van der Waals surface area contributed by atoms with Crippen molar-refractivity contribution in [1.82, 2.24) is 4.57 Å². The summed E-state index contributed by atoms with van der Waals surface area (Å²) in [6, 6.07) is 82.9. The van der Waals surface area contributed by atoms with Gasteiger partial charge in [0.2, 0.25) is 0 Å². The molecule has 0 saturated heterocycles. The van der Waals surface area contributed by atoms with Gasteiger partial charge in [-0.15, -0.1) is 0 Å². The summed E-state index contributed by atoms with van der Waals surface area (Å²) < 4.78 is 15.8. The molecule has 0 fully saturated rings. The van der Waals surface area contributed by atoms with Gasteiger partial charge in [-0.05, 0) is 94.0 Å². The lowest BCUT2D eigenvalue weighted by atomic mass is 9.96. The molecule has 0 spiro atoms. The van der Waals surface area contributed by atoms with Crippen LogP contribution in [0.25, 0.3) is 115 Å². The van der Waals surface area contributed by atoms with Crippen LogP contribution in [-0.4, -0.2) is 4.57 Å². The number of rotatable bonds is 6. The maximum atomic E-state index is 6.97. The molecule has 4 nitrogen and oxygen atoms in total. The number of hydrogen-bond acceptors (Lipinski definition) is 3. The first kappa shape index (κ1) is 36.6. The van der Waals surface area contributed by atoms with Gasteiger partial charge in [-0.3, -0.25) is 0 Å². The van der Waals surface area contributed by atoms with Crippen LogP contribution in [0.1, 0.15) is 0 Å². The Morgan fingerprint density at radius 2 is 0.924 bits per heavy atom. The fraction of sp³-hybridized carbons (Fsp3) is 0. The monoisotopic (exact) mass is 842 g/mol. The lowest BCUT2D eigenvalue weighted by Crippen LogP contribution is -2.11. The molecule has 14 rings (SSSR count). The topological polar surface area (TPSA) is 34.5 Å². The summed E-state index contributed by atoms with van der Waals surface area (Å²) in [6.07, 6.45) is 0. The molecule has 0 aliphatic carbocycles. The number of nitrogens with zero attached hydrogens (tertiary/aromatic N) is 2. The maximum absolute atomic E-state index is 6.97. The summed E-state index contributed by atoms with van der Waals surface area (Å²) in [5.41, 5.74) is 14.3. The Kier molecular flexibility index (Phi) is 7.95. The summed E-state index contributed by atoms with van der Waals surface area (Å²) in [5, 5.41) is 11.5. The smallest absolute Gasteiger partial charge is 0.143 e. The SMILES string of the molecule is c1cc(-c2cccc3oc4ccccc4c23)cc(N(c2cc(-c3ccccc3-n3c4ccccc4c4ccccc43)c3oc4ccccc4c3c2)c2cc3ccccc3c3ccccc23)c1. The molecule has 0 aliphatic heterocycles. The van der Waals surface area contributed by atoms with Crippen LogP contribution < -0.4 is 4.90 Å². The van der Waals surface area contributed by atoms with Crippen molar-refractivity contribution in [3.05, 3.63) is 231 Å². The highest BCUT2D eigenvalue weighted by molar-refractivity contribution is 6.18. The largest absolute Gasteiger partial charge is 0.456 e. The third kappa shape index (κ3) is 5.45. The summed E-state index contributed by atoms with van der Waals surface area (Å²) in [4.78, 5) is 2.46. The Labute approximate surface area is 379 Å². The lowest BCUT2D eigenvalue weighted by molar-refractivity contribution is 0.669. The van der Waals surface area contributed by atoms with E-state index >= 15 is 0 Å². The van der Waals surface area contributed by atoms with E-state index in [9.17, 15) is 0 Å². The molecule has 308 valence electrons. The van der Waals surface area contributed by atoms with E-state index in [1.165, 1.54) is 26.9 Å². The minimum atomic E-state index is 0.851. The Balaban J connectivity index is 1.08. The third-order valence-corrected chi connectivity index (χ3v) is 13.5. The molecule has 0 saturated carbocycles. The number of fused-ring (bicyclic) bond motifs is 12. The van der Waals surface area contributed by atoms with Gasteiger partial charge in [-0.25, -0.2) is 0 Å². The summed E-state index contributed by atoms with van der Waals surface area (Å²) in [6.45, 7) is 0. The molecule has 14 aromatic rings. The van der Waals surface area contributed by atoms with Gasteiger partial charge in [0, 0.05) is 60.2 Å². The summed E-state index contributed by atoms with van der Waals surface area (Å²) in [7, 11) is 0. The van der Waals surface area contributed by atoms with Crippen LogP contribution in [0.4, 0.5) is 17.1 Å². The summed E-state index contributed by atoms with van der Waals surface area (Å²) >= 11 is 0. The molecule has 0 unspecified atom stereocenters. The first-order valence-electron chi connectivity index (χ1n) is 22.5. The second kappa shape index (κ2) is 14.3. The van der Waals surface area contributed by atoms with Gasteiger partial charge in [0.15, 0.2) is 0 Å². The molecule has 0 amide bonds. The Morgan fingerprint density at radius 3 is 1.73 bits per heavy atom. The molecular formula is C62H38N2O2. The molecule has 66 heavy (non-hydrogen) atoms. The highest BCUT2D eigenvalue weighted by Crippen LogP contribution is 2.49. The Bertz CT molecular complexity index is 4210. The molecule has 0 radical (unpaired) electrons. The van der Waals surface area contributed by atoms with Gasteiger partial charge in [-0.1, -0.05) is 164 Å². The minimum absolute atomic E-state index is 0.851. The number of anilines is 3. The fourth-order valence-electron chi connectivity index (χ4n) is 10.7. The lowest BCUT2D eigenvalue weighted by Gasteiger charge is -2.29. The van der Waals surface area contributed by atoms with Crippen LogP contribution in [0.3, 0.4) is 0 Å². The van der Waals surface area contributed by atoms with E-state index in [0.29, 0.717) is 0 Å². The molecule has 3 heterocycles. The molecule has 0 N–H and O–H groups in total. The molecule has 4 heteroatoms. The number of aromatic nitrogens is 1.